The fourth-order valence-electron chi connectivity index (χ4n) is 5.12. The van der Waals surface area contributed by atoms with Gasteiger partial charge in [-0.05, 0) is 48.2 Å². The molecule has 0 atom stereocenters. The lowest BCUT2D eigenvalue weighted by Crippen LogP contribution is -2.31. The van der Waals surface area contributed by atoms with Crippen LogP contribution in [0.2, 0.25) is 10.0 Å². The average Bonchev–Trinajstić information content (AvgIpc) is 3.88. The van der Waals surface area contributed by atoms with E-state index >= 15 is 0 Å². The minimum Gasteiger partial charge on any atom is -0.302 e. The van der Waals surface area contributed by atoms with Crippen molar-refractivity contribution >= 4 is 136 Å². The molecule has 2 fully saturated rings. The van der Waals surface area contributed by atoms with Crippen molar-refractivity contribution in [2.75, 3.05) is 23.7 Å². The van der Waals surface area contributed by atoms with Gasteiger partial charge in [-0.15, -0.1) is 22.7 Å². The molecule has 0 aliphatic carbocycles. The second-order valence-corrected chi connectivity index (χ2v) is 17.9. The molecule has 0 bridgehead atoms. The second kappa shape index (κ2) is 17.7. The molecule has 2 aliphatic rings. The normalized spacial score (nSPS) is 16.0. The number of carbonyl (C=O) groups is 4. The molecule has 268 valence electrons. The number of benzene rings is 2. The van der Waals surface area contributed by atoms with Gasteiger partial charge in [0.2, 0.25) is 11.8 Å². The quantitative estimate of drug-likeness (QED) is 0.0950. The van der Waals surface area contributed by atoms with Crippen molar-refractivity contribution in [3.05, 3.63) is 102 Å². The number of hydrogen-bond acceptors (Lipinski definition) is 12. The van der Waals surface area contributed by atoms with Gasteiger partial charge >= 0.3 is 0 Å². The summed E-state index contributed by atoms with van der Waals surface area (Å²) in [4.78, 5) is 65.8. The Bertz CT molecular complexity index is 1920. The molecule has 0 unspecified atom stereocenters. The van der Waals surface area contributed by atoms with Crippen molar-refractivity contribution in [1.82, 2.24) is 19.8 Å². The molecule has 0 radical (unpaired) electrons. The van der Waals surface area contributed by atoms with Gasteiger partial charge in [-0.1, -0.05) is 95.4 Å². The first-order chi connectivity index (χ1) is 25.0. The van der Waals surface area contributed by atoms with Crippen molar-refractivity contribution in [2.24, 2.45) is 0 Å². The van der Waals surface area contributed by atoms with Gasteiger partial charge in [-0.3, -0.25) is 29.0 Å². The van der Waals surface area contributed by atoms with Crippen molar-refractivity contribution in [3.63, 3.8) is 0 Å². The van der Waals surface area contributed by atoms with Crippen LogP contribution in [0.3, 0.4) is 0 Å². The summed E-state index contributed by atoms with van der Waals surface area (Å²) < 4.78 is 0.625. The average molecular weight is 848 g/mol. The highest BCUT2D eigenvalue weighted by molar-refractivity contribution is 8.29. The molecule has 18 heteroatoms. The highest BCUT2D eigenvalue weighted by atomic mass is 35.5. The standard InChI is InChI=1S/C34H28Cl2N6O4S6/c35-21-9-5-19(6-10-21)15-23-17-37-31(49-23)39-25(43)3-1-13-41-29(45)27(51-33(41)47)28-30(46)42(34(48)52-28)14-2-4-26(44)40-32-38-18-24(50-32)16-20-7-11-22(36)12-8-20/h5-12,17-18H,1-4,13-16H2,(H,37,39,43)(H,38,40,44)/b28-27+. The number of rotatable bonds is 14. The fourth-order valence-corrected chi connectivity index (χ4v) is 9.86. The van der Waals surface area contributed by atoms with Crippen LogP contribution < -0.4 is 10.6 Å². The summed E-state index contributed by atoms with van der Waals surface area (Å²) in [7, 11) is 0. The molecule has 0 spiro atoms. The number of hydrogen-bond donors (Lipinski definition) is 2. The van der Waals surface area contributed by atoms with Crippen LogP contribution in [0.25, 0.3) is 0 Å². The number of nitrogens with zero attached hydrogens (tertiary/aromatic N) is 4. The minimum atomic E-state index is -0.388. The van der Waals surface area contributed by atoms with Crippen LogP contribution in [0, 0.1) is 0 Å². The molecule has 6 rings (SSSR count). The van der Waals surface area contributed by atoms with Crippen LogP contribution >= 0.6 is 93.8 Å². The van der Waals surface area contributed by atoms with Crippen LogP contribution in [0.4, 0.5) is 10.3 Å². The molecule has 10 nitrogen and oxygen atoms in total. The molecule has 4 aromatic rings. The van der Waals surface area contributed by atoms with Crippen LogP contribution in [0.5, 0.6) is 0 Å². The Hall–Kier alpha value is -3.22. The van der Waals surface area contributed by atoms with E-state index in [1.165, 1.54) is 32.5 Å². The monoisotopic (exact) mass is 846 g/mol. The van der Waals surface area contributed by atoms with Gasteiger partial charge in [0, 0.05) is 71.0 Å². The van der Waals surface area contributed by atoms with E-state index in [0.29, 0.717) is 54.6 Å². The molecule has 2 aliphatic heterocycles. The topological polar surface area (TPSA) is 125 Å². The maximum absolute atomic E-state index is 13.3. The summed E-state index contributed by atoms with van der Waals surface area (Å²) in [5.41, 5.74) is 2.18. The van der Waals surface area contributed by atoms with Crippen LogP contribution in [-0.4, -0.2) is 65.1 Å². The minimum absolute atomic E-state index is 0.154. The van der Waals surface area contributed by atoms with E-state index < -0.39 is 0 Å². The lowest BCUT2D eigenvalue weighted by molar-refractivity contribution is -0.124. The molecule has 0 saturated carbocycles. The molecule has 4 amide bonds. The van der Waals surface area contributed by atoms with E-state index in [0.717, 1.165) is 44.4 Å². The Balaban J connectivity index is 0.934. The SMILES string of the molecule is O=C(CCCN1C(=O)/C(=C2\SC(=S)N(CCCC(=O)Nc3ncc(Cc4ccc(Cl)cc4)s3)C2=O)SC1=S)Nc1ncc(Cc2ccc(Cl)cc2)s1. The lowest BCUT2D eigenvalue weighted by Gasteiger charge is -2.14. The predicted octanol–water partition coefficient (Wildman–Crippen LogP) is 8.16. The van der Waals surface area contributed by atoms with Crippen LogP contribution in [0.15, 0.2) is 70.7 Å². The molecule has 2 aromatic heterocycles. The lowest BCUT2D eigenvalue weighted by atomic mass is 10.1. The summed E-state index contributed by atoms with van der Waals surface area (Å²) in [6, 6.07) is 15.1. The van der Waals surface area contributed by atoms with Crippen molar-refractivity contribution in [3.8, 4) is 0 Å². The Kier molecular flexibility index (Phi) is 13.1. The van der Waals surface area contributed by atoms with E-state index in [1.807, 2.05) is 48.5 Å². The number of carbonyl (C=O) groups excluding carboxylic acids is 4. The van der Waals surface area contributed by atoms with E-state index in [1.54, 1.807) is 12.4 Å². The van der Waals surface area contributed by atoms with Crippen molar-refractivity contribution < 1.29 is 19.2 Å². The van der Waals surface area contributed by atoms with Crippen LogP contribution in [0.1, 0.15) is 46.6 Å². The smallest absolute Gasteiger partial charge is 0.267 e. The summed E-state index contributed by atoms with van der Waals surface area (Å²) in [5.74, 6) is -1.22. The summed E-state index contributed by atoms with van der Waals surface area (Å²) in [6.07, 6.45) is 5.86. The van der Waals surface area contributed by atoms with E-state index in [9.17, 15) is 19.2 Å². The first-order valence-electron chi connectivity index (χ1n) is 15.8. The number of thioether (sulfide) groups is 2. The van der Waals surface area contributed by atoms with Gasteiger partial charge in [-0.25, -0.2) is 9.97 Å². The zero-order valence-electron chi connectivity index (χ0n) is 27.1. The number of nitrogens with one attached hydrogen (secondary N) is 2. The Morgan fingerprint density at radius 1 is 0.654 bits per heavy atom. The van der Waals surface area contributed by atoms with Gasteiger partial charge in [0.05, 0.1) is 9.81 Å². The van der Waals surface area contributed by atoms with Gasteiger partial charge in [0.15, 0.2) is 10.3 Å². The third-order valence-corrected chi connectivity index (χ3v) is 13.0. The Morgan fingerprint density at radius 2 is 1.04 bits per heavy atom. The third kappa shape index (κ3) is 10.0. The molecule has 2 saturated heterocycles. The van der Waals surface area contributed by atoms with Crippen molar-refractivity contribution in [2.45, 2.75) is 38.5 Å². The number of halogens is 2. The zero-order valence-corrected chi connectivity index (χ0v) is 33.5. The van der Waals surface area contributed by atoms with E-state index in [4.69, 9.17) is 47.6 Å². The number of amides is 4. The van der Waals surface area contributed by atoms with Crippen molar-refractivity contribution in [1.29, 1.82) is 0 Å². The second-order valence-electron chi connectivity index (χ2n) is 11.5. The molecule has 2 N–H and O–H groups in total. The molecule has 2 aromatic carbocycles. The molecular weight excluding hydrogens is 820 g/mol. The van der Waals surface area contributed by atoms with Gasteiger partial charge in [0.1, 0.15) is 8.64 Å². The number of thiazole rings is 2. The summed E-state index contributed by atoms with van der Waals surface area (Å²) in [5, 5.41) is 7.98. The van der Waals surface area contributed by atoms with E-state index in [2.05, 4.69) is 20.6 Å². The molecule has 52 heavy (non-hydrogen) atoms. The maximum atomic E-state index is 13.3. The maximum Gasteiger partial charge on any atom is 0.267 e. The van der Waals surface area contributed by atoms with Gasteiger partial charge in [0.25, 0.3) is 11.8 Å². The fraction of sp³-hybridized carbons (Fsp3) is 0.235. The summed E-state index contributed by atoms with van der Waals surface area (Å²) >= 11 is 27.8. The Labute approximate surface area is 336 Å². The highest BCUT2D eigenvalue weighted by Crippen LogP contribution is 2.42. The highest BCUT2D eigenvalue weighted by Gasteiger charge is 2.41. The van der Waals surface area contributed by atoms with Gasteiger partial charge < -0.3 is 10.6 Å². The predicted molar refractivity (Wildman–Crippen MR) is 219 cm³/mol. The molecule has 4 heterocycles. The van der Waals surface area contributed by atoms with E-state index in [-0.39, 0.29) is 59.4 Å². The number of anilines is 2. The van der Waals surface area contributed by atoms with Crippen LogP contribution in [-0.2, 0) is 32.0 Å². The first kappa shape index (κ1) is 38.5. The molecular formula is C34H28Cl2N6O4S6. The first-order valence-corrected chi connectivity index (χ1v) is 20.7. The largest absolute Gasteiger partial charge is 0.302 e. The number of thiocarbonyl (C=S) groups is 2. The number of aromatic nitrogens is 2. The Morgan fingerprint density at radius 3 is 1.42 bits per heavy atom. The van der Waals surface area contributed by atoms with Gasteiger partial charge in [-0.2, -0.15) is 0 Å². The summed E-state index contributed by atoms with van der Waals surface area (Å²) in [6.45, 7) is 0.441. The zero-order chi connectivity index (χ0) is 36.8. The third-order valence-electron chi connectivity index (χ3n) is 7.66.